The first-order valence-electron chi connectivity index (χ1n) is 36.7. The molecule has 0 bridgehead atoms. The zero-order valence-electron chi connectivity index (χ0n) is 65.2. The van der Waals surface area contributed by atoms with Gasteiger partial charge in [-0.25, -0.2) is 12.3 Å². The SMILES string of the molecule is CC(C)NC(=NCCCCCN=C(NC(C)C)P(c1ccccc1)c1ccccc1)P(c1ccccc1)c1ccccc1.CC(C)[N-]C(C)[N-]CCCCC[N-]C(C)[N-]C(C)C.[CH2-]c1ccccc1.[CH2-]c1ccccc1.[CH2-]c1ccccc1.[CH2-]c1ccccc1.[CH2-]c1ccccc1.[CH2-]c1ccccc1.[Zr+4].[Zr]. The van der Waals surface area contributed by atoms with E-state index >= 15 is 0 Å². The van der Waals surface area contributed by atoms with Crippen molar-refractivity contribution in [2.75, 3.05) is 26.2 Å². The maximum Gasteiger partial charge on any atom is 4.00 e. The largest absolute Gasteiger partial charge is 4.00 e. The third kappa shape index (κ3) is 50.4. The number of nitrogens with one attached hydrogen (secondary N) is 2. The van der Waals surface area contributed by atoms with Crippen LogP contribution in [0.5, 0.6) is 0 Å². The van der Waals surface area contributed by atoms with E-state index in [1.165, 1.54) is 27.6 Å². The summed E-state index contributed by atoms with van der Waals surface area (Å²) in [5, 5.41) is 30.7. The first kappa shape index (κ1) is 96.8. The number of benzene rings is 10. The molecule has 2 N–H and O–H groups in total. The molecule has 0 aliphatic carbocycles. The van der Waals surface area contributed by atoms with Gasteiger partial charge < -0.3 is 31.9 Å². The van der Waals surface area contributed by atoms with Crippen LogP contribution in [-0.4, -0.2) is 73.8 Å². The molecule has 8 nitrogen and oxygen atoms in total. The third-order valence-electron chi connectivity index (χ3n) is 14.3. The second-order valence-corrected chi connectivity index (χ2v) is 29.9. The summed E-state index contributed by atoms with van der Waals surface area (Å²) >= 11 is 0. The van der Waals surface area contributed by atoms with Gasteiger partial charge in [0.15, 0.2) is 0 Å². The summed E-state index contributed by atoms with van der Waals surface area (Å²) in [7, 11) is -1.47. The molecule has 0 saturated carbocycles. The number of aliphatic imine (C=N–C) groups is 2. The molecule has 0 radical (unpaired) electrons. The maximum atomic E-state index is 5.19. The monoisotopic (exact) mass is 1600 g/mol. The topological polar surface area (TPSA) is 105 Å². The normalized spacial score (nSPS) is 11.1. The zero-order valence-corrected chi connectivity index (χ0v) is 71.9. The Morgan fingerprint density at radius 3 is 0.651 bits per heavy atom. The van der Waals surface area contributed by atoms with Crippen molar-refractivity contribution in [3.63, 3.8) is 0 Å². The van der Waals surface area contributed by atoms with Crippen LogP contribution in [0.4, 0.5) is 0 Å². The Morgan fingerprint density at radius 2 is 0.481 bits per heavy atom. The number of nitrogens with zero attached hydrogens (tertiary/aromatic N) is 6. The van der Waals surface area contributed by atoms with Crippen LogP contribution >= 0.6 is 15.8 Å². The molecular weight excluding hydrogens is 1490 g/mol. The van der Waals surface area contributed by atoms with E-state index in [4.69, 9.17) is 9.98 Å². The van der Waals surface area contributed by atoms with Crippen LogP contribution < -0.4 is 31.9 Å². The minimum atomic E-state index is -0.733. The average Bonchev–Trinajstić information content (AvgIpc) is 0.830. The predicted octanol–water partition coefficient (Wildman–Crippen LogP) is 23.5. The molecule has 0 spiro atoms. The van der Waals surface area contributed by atoms with Gasteiger partial charge in [-0.15, -0.1) is 112 Å². The molecule has 560 valence electrons. The molecule has 0 fully saturated rings. The van der Waals surface area contributed by atoms with Gasteiger partial charge in [-0.3, -0.25) is 9.98 Å². The number of rotatable bonds is 26. The number of hydrogen-bond acceptors (Lipinski definition) is 2. The fourth-order valence-corrected chi connectivity index (χ4v) is 14.2. The summed E-state index contributed by atoms with van der Waals surface area (Å²) in [6, 6.07) is 104. The molecule has 0 aliphatic rings. The van der Waals surface area contributed by atoms with Crippen LogP contribution in [0.15, 0.2) is 313 Å². The summed E-state index contributed by atoms with van der Waals surface area (Å²) < 4.78 is 0. The first-order chi connectivity index (χ1) is 50.3. The van der Waals surface area contributed by atoms with E-state index in [9.17, 15) is 0 Å². The third-order valence-corrected chi connectivity index (χ3v) is 19.0. The van der Waals surface area contributed by atoms with Crippen molar-refractivity contribution in [2.45, 2.75) is 144 Å². The summed E-state index contributed by atoms with van der Waals surface area (Å²) in [4.78, 5) is 10.4. The van der Waals surface area contributed by atoms with Gasteiger partial charge in [-0.1, -0.05) is 205 Å². The van der Waals surface area contributed by atoms with Gasteiger partial charge in [0.05, 0.1) is 0 Å². The second-order valence-electron chi connectivity index (χ2n) is 25.6. The van der Waals surface area contributed by atoms with Gasteiger partial charge >= 0.3 is 26.2 Å². The first-order valence-corrected chi connectivity index (χ1v) is 39.4. The van der Waals surface area contributed by atoms with Crippen molar-refractivity contribution < 1.29 is 52.4 Å². The van der Waals surface area contributed by atoms with Crippen LogP contribution in [0.2, 0.25) is 0 Å². The van der Waals surface area contributed by atoms with Crippen molar-refractivity contribution in [3.05, 3.63) is 400 Å². The molecule has 0 amide bonds. The van der Waals surface area contributed by atoms with Crippen LogP contribution in [0.25, 0.3) is 21.3 Å². The molecule has 0 aliphatic heterocycles. The minimum Gasteiger partial charge on any atom is -0.678 e. The molecule has 0 aromatic heterocycles. The Balaban J connectivity index is 0.000000721. The predicted molar refractivity (Wildman–Crippen MR) is 465 cm³/mol. The fraction of sp³-hybridized carbons (Fsp3) is 0.277. The van der Waals surface area contributed by atoms with Crippen LogP contribution in [0.3, 0.4) is 0 Å². The molecule has 2 unspecified atom stereocenters. The Bertz CT molecular complexity index is 3120. The minimum absolute atomic E-state index is 0. The number of hydrogen-bond donors (Lipinski definition) is 2. The van der Waals surface area contributed by atoms with Gasteiger partial charge in [0.1, 0.15) is 11.2 Å². The van der Waals surface area contributed by atoms with E-state index in [-0.39, 0.29) is 64.7 Å². The molecule has 12 heteroatoms. The Morgan fingerprint density at radius 1 is 0.292 bits per heavy atom. The summed E-state index contributed by atoms with van der Waals surface area (Å²) in [5.41, 5.74) is 8.65. The molecule has 106 heavy (non-hydrogen) atoms. The van der Waals surface area contributed by atoms with E-state index in [2.05, 4.69) is 264 Å². The fourth-order valence-electron chi connectivity index (χ4n) is 9.53. The van der Waals surface area contributed by atoms with Gasteiger partial charge in [0, 0.05) is 67.2 Å². The van der Waals surface area contributed by atoms with E-state index in [1.54, 1.807) is 0 Å². The summed E-state index contributed by atoms with van der Waals surface area (Å²) in [5.74, 6) is 0. The molecular formula is C94H120N8P2Zr2-6. The second kappa shape index (κ2) is 62.8. The Hall–Kier alpha value is -7.17. The van der Waals surface area contributed by atoms with Crippen LogP contribution in [0, 0.1) is 41.5 Å². The molecule has 10 aromatic carbocycles. The van der Waals surface area contributed by atoms with E-state index in [0.717, 1.165) is 103 Å². The number of unbranched alkanes of at least 4 members (excludes halogenated alkanes) is 4. The van der Waals surface area contributed by atoms with Gasteiger partial charge in [0.25, 0.3) is 0 Å². The van der Waals surface area contributed by atoms with Crippen molar-refractivity contribution >= 4 is 48.2 Å². The zero-order chi connectivity index (χ0) is 75.6. The van der Waals surface area contributed by atoms with E-state index in [0.29, 0.717) is 24.2 Å². The van der Waals surface area contributed by atoms with Gasteiger partial charge in [0.2, 0.25) is 0 Å². The smallest absolute Gasteiger partial charge is 0.678 e. The van der Waals surface area contributed by atoms with E-state index in [1.807, 2.05) is 182 Å². The Kier molecular flexibility index (Phi) is 57.4. The van der Waals surface area contributed by atoms with E-state index < -0.39 is 15.8 Å². The summed E-state index contributed by atoms with van der Waals surface area (Å²) in [6.07, 6.45) is 6.96. The van der Waals surface area contributed by atoms with Crippen molar-refractivity contribution in [3.8, 4) is 0 Å². The average molecular weight is 1610 g/mol. The Labute approximate surface area is 685 Å². The maximum absolute atomic E-state index is 5.19. The van der Waals surface area contributed by atoms with Gasteiger partial charge in [-0.05, 0) is 68.2 Å². The van der Waals surface area contributed by atoms with Crippen molar-refractivity contribution in [2.24, 2.45) is 9.98 Å². The molecule has 2 atom stereocenters. The molecule has 10 rings (SSSR count). The van der Waals surface area contributed by atoms with Crippen LogP contribution in [0.1, 0.15) is 141 Å². The van der Waals surface area contributed by atoms with Gasteiger partial charge in [-0.2, -0.15) is 148 Å². The molecule has 10 aromatic rings. The van der Waals surface area contributed by atoms with Crippen molar-refractivity contribution in [1.29, 1.82) is 0 Å². The number of amidine groups is 2. The standard InChI is InChI=1S/C37H46N4P2.C15H32N4.6C7H7.2Zr/c1-30(2)40-36(42(32-20-10-5-11-21-32)33-22-12-6-13-23-33)38-28-18-9-19-29-39-37(41-31(3)4)43(34-24-14-7-15-25-34)35-26-16-8-17-27-35;1-12(2)18-14(5)16-10-8-7-9-11-17-15(6)19-13(3)4;6*1-7-5-3-2-4-6-7;;/h5-8,10-17,20-27,30-31H,9,18-19,28-29H2,1-4H3,(H,38,40)(H,39,41);12-15H,7-11H2,1-6H3;6*2-6H,1H2;;/q;-4;6*-1;;+4. The van der Waals surface area contributed by atoms with Crippen LogP contribution in [-0.2, 0) is 52.4 Å². The molecule has 0 heterocycles. The summed E-state index contributed by atoms with van der Waals surface area (Å²) in [6.45, 7) is 47.1. The molecule has 0 saturated heterocycles. The quantitative estimate of drug-likeness (QED) is 0.0185. The van der Waals surface area contributed by atoms with Crippen molar-refractivity contribution in [1.82, 2.24) is 10.6 Å².